The van der Waals surface area contributed by atoms with E-state index in [1.54, 1.807) is 24.3 Å². The third kappa shape index (κ3) is 5.76. The van der Waals surface area contributed by atoms with Gasteiger partial charge in [0.1, 0.15) is 12.2 Å². The van der Waals surface area contributed by atoms with Crippen molar-refractivity contribution in [1.82, 2.24) is 5.32 Å². The van der Waals surface area contributed by atoms with Gasteiger partial charge in [-0.25, -0.2) is 9.59 Å². The first-order chi connectivity index (χ1) is 16.1. The zero-order chi connectivity index (χ0) is 24.3. The SMILES string of the molecule is CC(C)(C)OC(=O)NC1CC2(C1)CC(C(=O)Nc1ccccc1C(=O)OCc1ccccc1)C2. The lowest BCUT2D eigenvalue weighted by Gasteiger charge is -2.57. The van der Waals surface area contributed by atoms with E-state index in [4.69, 9.17) is 9.47 Å². The van der Waals surface area contributed by atoms with Gasteiger partial charge in [-0.05, 0) is 69.6 Å². The minimum absolute atomic E-state index is 0.0857. The van der Waals surface area contributed by atoms with Crippen molar-refractivity contribution in [1.29, 1.82) is 0 Å². The number of ether oxygens (including phenoxy) is 2. The van der Waals surface area contributed by atoms with Crippen molar-refractivity contribution < 1.29 is 23.9 Å². The van der Waals surface area contributed by atoms with Crippen LogP contribution < -0.4 is 10.6 Å². The van der Waals surface area contributed by atoms with Gasteiger partial charge in [-0.2, -0.15) is 0 Å². The number of hydrogen-bond acceptors (Lipinski definition) is 5. The second-order valence-electron chi connectivity index (χ2n) is 10.5. The van der Waals surface area contributed by atoms with Gasteiger partial charge in [0.15, 0.2) is 0 Å². The van der Waals surface area contributed by atoms with E-state index in [0.717, 1.165) is 31.2 Å². The lowest BCUT2D eigenvalue weighted by Crippen LogP contribution is -2.58. The van der Waals surface area contributed by atoms with Gasteiger partial charge in [-0.15, -0.1) is 0 Å². The van der Waals surface area contributed by atoms with E-state index in [2.05, 4.69) is 10.6 Å². The van der Waals surface area contributed by atoms with Crippen LogP contribution in [0.4, 0.5) is 10.5 Å². The van der Waals surface area contributed by atoms with Crippen molar-refractivity contribution in [3.63, 3.8) is 0 Å². The van der Waals surface area contributed by atoms with Gasteiger partial charge in [0, 0.05) is 12.0 Å². The molecule has 2 N–H and O–H groups in total. The first-order valence-corrected chi connectivity index (χ1v) is 11.7. The highest BCUT2D eigenvalue weighted by Gasteiger charge is 2.55. The molecule has 2 aliphatic carbocycles. The Balaban J connectivity index is 1.25. The lowest BCUT2D eigenvalue weighted by atomic mass is 9.50. The van der Waals surface area contributed by atoms with Crippen LogP contribution in [0.1, 0.15) is 62.4 Å². The number of carbonyl (C=O) groups excluding carboxylic acids is 3. The van der Waals surface area contributed by atoms with Crippen LogP contribution in [0, 0.1) is 11.3 Å². The predicted molar refractivity (Wildman–Crippen MR) is 128 cm³/mol. The third-order valence-corrected chi connectivity index (χ3v) is 6.43. The number of hydrogen-bond donors (Lipinski definition) is 2. The Morgan fingerprint density at radius 3 is 2.26 bits per heavy atom. The molecule has 0 heterocycles. The second kappa shape index (κ2) is 9.49. The van der Waals surface area contributed by atoms with Crippen LogP contribution in [0.2, 0.25) is 0 Å². The first kappa shape index (κ1) is 23.8. The number of alkyl carbamates (subject to hydrolysis) is 1. The van der Waals surface area contributed by atoms with Gasteiger partial charge < -0.3 is 20.1 Å². The molecule has 2 aromatic rings. The molecule has 7 heteroatoms. The van der Waals surface area contributed by atoms with Gasteiger partial charge in [-0.1, -0.05) is 42.5 Å². The number of para-hydroxylation sites is 1. The van der Waals surface area contributed by atoms with Gasteiger partial charge >= 0.3 is 12.1 Å². The Morgan fingerprint density at radius 2 is 1.59 bits per heavy atom. The van der Waals surface area contributed by atoms with Crippen LogP contribution in [0.15, 0.2) is 54.6 Å². The van der Waals surface area contributed by atoms with Crippen molar-refractivity contribution in [2.24, 2.45) is 11.3 Å². The Hall–Kier alpha value is -3.35. The lowest BCUT2D eigenvalue weighted by molar-refractivity contribution is -0.133. The van der Waals surface area contributed by atoms with Crippen LogP contribution in [0.3, 0.4) is 0 Å². The molecule has 2 aromatic carbocycles. The Bertz CT molecular complexity index is 1050. The molecule has 4 rings (SSSR count). The molecule has 2 fully saturated rings. The maximum Gasteiger partial charge on any atom is 0.407 e. The van der Waals surface area contributed by atoms with Crippen molar-refractivity contribution in [3.8, 4) is 0 Å². The number of esters is 1. The summed E-state index contributed by atoms with van der Waals surface area (Å²) in [5, 5.41) is 5.83. The zero-order valence-corrected chi connectivity index (χ0v) is 19.9. The molecule has 180 valence electrons. The van der Waals surface area contributed by atoms with Crippen LogP contribution in [0.25, 0.3) is 0 Å². The van der Waals surface area contributed by atoms with E-state index in [1.807, 2.05) is 51.1 Å². The summed E-state index contributed by atoms with van der Waals surface area (Å²) in [6.45, 7) is 5.69. The molecule has 0 saturated heterocycles. The van der Waals surface area contributed by atoms with E-state index in [1.165, 1.54) is 0 Å². The highest BCUT2D eigenvalue weighted by atomic mass is 16.6. The van der Waals surface area contributed by atoms with Crippen molar-refractivity contribution in [2.45, 2.75) is 64.7 Å². The minimum Gasteiger partial charge on any atom is -0.457 e. The summed E-state index contributed by atoms with van der Waals surface area (Å²) in [7, 11) is 0. The standard InChI is InChI=1S/C27H32N2O5/c1-26(2,3)34-25(32)28-20-15-27(16-20)13-19(14-27)23(30)29-22-12-8-7-11-21(22)24(31)33-17-18-9-5-4-6-10-18/h4-12,19-20H,13-17H2,1-3H3,(H,28,32)(H,29,30). The summed E-state index contributed by atoms with van der Waals surface area (Å²) in [4.78, 5) is 37.4. The molecule has 1 spiro atoms. The maximum atomic E-state index is 12.8. The zero-order valence-electron chi connectivity index (χ0n) is 19.9. The molecule has 2 saturated carbocycles. The van der Waals surface area contributed by atoms with Crippen LogP contribution in [-0.2, 0) is 20.9 Å². The van der Waals surface area contributed by atoms with Crippen LogP contribution in [0.5, 0.6) is 0 Å². The van der Waals surface area contributed by atoms with Crippen molar-refractivity contribution >= 4 is 23.7 Å². The Morgan fingerprint density at radius 1 is 0.941 bits per heavy atom. The van der Waals surface area contributed by atoms with E-state index in [9.17, 15) is 14.4 Å². The number of anilines is 1. The Labute approximate surface area is 200 Å². The smallest absolute Gasteiger partial charge is 0.407 e. The molecule has 0 radical (unpaired) electrons. The van der Waals surface area contributed by atoms with Gasteiger partial charge in [0.25, 0.3) is 0 Å². The monoisotopic (exact) mass is 464 g/mol. The molecule has 2 amide bonds. The Kier molecular flexibility index (Phi) is 6.64. The molecule has 0 aromatic heterocycles. The van der Waals surface area contributed by atoms with Gasteiger partial charge in [0.2, 0.25) is 5.91 Å². The first-order valence-electron chi connectivity index (χ1n) is 11.7. The van der Waals surface area contributed by atoms with E-state index < -0.39 is 17.7 Å². The normalized spacial score (nSPS) is 23.3. The van der Waals surface area contributed by atoms with E-state index in [-0.39, 0.29) is 29.9 Å². The van der Waals surface area contributed by atoms with Crippen LogP contribution >= 0.6 is 0 Å². The average molecular weight is 465 g/mol. The summed E-state index contributed by atoms with van der Waals surface area (Å²) in [6.07, 6.45) is 2.89. The highest BCUT2D eigenvalue weighted by Crippen LogP contribution is 2.58. The van der Waals surface area contributed by atoms with Crippen molar-refractivity contribution in [3.05, 3.63) is 65.7 Å². The quantitative estimate of drug-likeness (QED) is 0.583. The number of rotatable bonds is 6. The van der Waals surface area contributed by atoms with Gasteiger partial charge in [-0.3, -0.25) is 4.79 Å². The summed E-state index contributed by atoms with van der Waals surface area (Å²) in [5.41, 5.74) is 1.30. The predicted octanol–water partition coefficient (Wildman–Crippen LogP) is 5.07. The fourth-order valence-corrected chi connectivity index (χ4v) is 4.87. The molecule has 34 heavy (non-hydrogen) atoms. The average Bonchev–Trinajstić information content (AvgIpc) is 2.72. The molecular weight excluding hydrogens is 432 g/mol. The number of amides is 2. The fourth-order valence-electron chi connectivity index (χ4n) is 4.87. The topological polar surface area (TPSA) is 93.7 Å². The second-order valence-corrected chi connectivity index (χ2v) is 10.5. The summed E-state index contributed by atoms with van der Waals surface area (Å²) < 4.78 is 10.7. The number of benzene rings is 2. The number of carbonyl (C=O) groups is 3. The maximum absolute atomic E-state index is 12.8. The van der Waals surface area contributed by atoms with E-state index in [0.29, 0.717) is 11.3 Å². The fraction of sp³-hybridized carbons (Fsp3) is 0.444. The largest absolute Gasteiger partial charge is 0.457 e. The molecule has 7 nitrogen and oxygen atoms in total. The summed E-state index contributed by atoms with van der Waals surface area (Å²) in [6, 6.07) is 16.5. The van der Waals surface area contributed by atoms with E-state index >= 15 is 0 Å². The number of nitrogens with one attached hydrogen (secondary N) is 2. The van der Waals surface area contributed by atoms with Gasteiger partial charge in [0.05, 0.1) is 11.3 Å². The minimum atomic E-state index is -0.518. The molecule has 2 aliphatic rings. The molecule has 0 aliphatic heterocycles. The molecule has 0 bridgehead atoms. The van der Waals surface area contributed by atoms with Crippen LogP contribution in [-0.4, -0.2) is 29.6 Å². The third-order valence-electron chi connectivity index (χ3n) is 6.43. The summed E-state index contributed by atoms with van der Waals surface area (Å²) >= 11 is 0. The molecule has 0 unspecified atom stereocenters. The molecule has 0 atom stereocenters. The van der Waals surface area contributed by atoms with Crippen molar-refractivity contribution in [2.75, 3.05) is 5.32 Å². The molecular formula is C27H32N2O5. The highest BCUT2D eigenvalue weighted by molar-refractivity contribution is 6.02. The summed E-state index contributed by atoms with van der Waals surface area (Å²) in [5.74, 6) is -0.659.